The first-order valence-corrected chi connectivity index (χ1v) is 5.96. The molecule has 3 heterocycles. The Morgan fingerprint density at radius 1 is 1.35 bits per heavy atom. The van der Waals surface area contributed by atoms with Crippen LogP contribution in [0.25, 0.3) is 11.2 Å². The van der Waals surface area contributed by atoms with Gasteiger partial charge in [0.1, 0.15) is 16.9 Å². The van der Waals surface area contributed by atoms with Crippen molar-refractivity contribution in [3.05, 3.63) is 29.1 Å². The number of aromatic nitrogens is 6. The lowest BCUT2D eigenvalue weighted by atomic mass is 10.6. The van der Waals surface area contributed by atoms with Crippen molar-refractivity contribution >= 4 is 41.2 Å². The molecule has 0 aliphatic heterocycles. The number of aryl methyl sites for hydroxylation is 1. The highest BCUT2D eigenvalue weighted by atomic mass is 35.5. The minimum Gasteiger partial charge on any atom is -0.358 e. The summed E-state index contributed by atoms with van der Waals surface area (Å²) in [6, 6.07) is 0. The predicted octanol–water partition coefficient (Wildman–Crippen LogP) is 1.57. The van der Waals surface area contributed by atoms with Crippen molar-refractivity contribution in [2.45, 2.75) is 10.1 Å². The van der Waals surface area contributed by atoms with Crippen molar-refractivity contribution in [3.63, 3.8) is 0 Å². The zero-order chi connectivity index (χ0) is 13.4. The van der Waals surface area contributed by atoms with Gasteiger partial charge in [-0.25, -0.2) is 15.0 Å². The van der Waals surface area contributed by atoms with Gasteiger partial charge < -0.3 is 19.7 Å². The van der Waals surface area contributed by atoms with Crippen LogP contribution in [0.15, 0.2) is 29.0 Å². The monoisotopic (exact) mass is 313 g/mol. The van der Waals surface area contributed by atoms with Gasteiger partial charge in [-0.15, -0.1) is 12.4 Å². The molecule has 0 amide bonds. The van der Waals surface area contributed by atoms with Crippen LogP contribution in [0.2, 0.25) is 0 Å². The minimum absolute atomic E-state index is 0. The van der Waals surface area contributed by atoms with Crippen LogP contribution in [0.5, 0.6) is 0 Å². The van der Waals surface area contributed by atoms with Crippen LogP contribution in [0, 0.1) is 10.1 Å². The predicted molar refractivity (Wildman–Crippen MR) is 72.9 cm³/mol. The topological polar surface area (TPSA) is 115 Å². The highest BCUT2D eigenvalue weighted by Gasteiger charge is 2.22. The molecule has 104 valence electrons. The second-order valence-electron chi connectivity index (χ2n) is 3.62. The van der Waals surface area contributed by atoms with E-state index in [-0.39, 0.29) is 18.2 Å². The highest BCUT2D eigenvalue weighted by Crippen LogP contribution is 2.34. The third kappa shape index (κ3) is 2.30. The summed E-state index contributed by atoms with van der Waals surface area (Å²) in [6.45, 7) is 0. The molecule has 9 nitrogen and oxygen atoms in total. The largest absolute Gasteiger partial charge is 0.396 e. The van der Waals surface area contributed by atoms with E-state index in [4.69, 9.17) is 0 Å². The maximum Gasteiger partial charge on any atom is 0.396 e. The van der Waals surface area contributed by atoms with E-state index in [9.17, 15) is 10.1 Å². The number of imidazole rings is 2. The number of halogens is 1. The standard InChI is InChI=1S/C9H7N7O2S.ClH/c1-15-4-14-7(16(17)18)9(15)19-8-5-6(11-2-10-5)12-3-13-8;/h2-4H,1H3,(H,10,11,12,13);1H. The zero-order valence-corrected chi connectivity index (χ0v) is 11.7. The summed E-state index contributed by atoms with van der Waals surface area (Å²) in [5.74, 6) is -0.196. The number of nitrogens with zero attached hydrogens (tertiary/aromatic N) is 6. The molecule has 3 aromatic rings. The average Bonchev–Trinajstić information content (AvgIpc) is 2.97. The summed E-state index contributed by atoms with van der Waals surface area (Å²) in [6.07, 6.45) is 4.26. The van der Waals surface area contributed by atoms with E-state index >= 15 is 0 Å². The Kier molecular flexibility index (Phi) is 3.86. The van der Waals surface area contributed by atoms with Crippen LogP contribution in [-0.4, -0.2) is 34.4 Å². The van der Waals surface area contributed by atoms with Crippen molar-refractivity contribution in [1.82, 2.24) is 29.5 Å². The SMILES string of the molecule is Cl.Cn1cnc([N+](=O)[O-])c1Sc1ncnc2nc[nH]c12. The molecular formula is C9H8ClN7O2S. The van der Waals surface area contributed by atoms with Crippen molar-refractivity contribution in [2.75, 3.05) is 0 Å². The van der Waals surface area contributed by atoms with Crippen LogP contribution < -0.4 is 0 Å². The third-order valence-electron chi connectivity index (χ3n) is 2.42. The van der Waals surface area contributed by atoms with Gasteiger partial charge in [-0.1, -0.05) is 0 Å². The molecule has 0 radical (unpaired) electrons. The normalized spacial score (nSPS) is 10.4. The van der Waals surface area contributed by atoms with Crippen molar-refractivity contribution in [1.29, 1.82) is 0 Å². The fourth-order valence-electron chi connectivity index (χ4n) is 1.56. The van der Waals surface area contributed by atoms with Gasteiger partial charge in [-0.2, -0.15) is 0 Å². The molecule has 1 N–H and O–H groups in total. The van der Waals surface area contributed by atoms with E-state index in [1.54, 1.807) is 11.6 Å². The van der Waals surface area contributed by atoms with Crippen molar-refractivity contribution in [3.8, 4) is 0 Å². The number of aromatic amines is 1. The van der Waals surface area contributed by atoms with Gasteiger partial charge >= 0.3 is 5.82 Å². The Hall–Kier alpha value is -2.20. The van der Waals surface area contributed by atoms with Crippen LogP contribution in [0.1, 0.15) is 0 Å². The second-order valence-corrected chi connectivity index (χ2v) is 4.60. The van der Waals surface area contributed by atoms with E-state index in [1.807, 2.05) is 0 Å². The molecule has 0 saturated carbocycles. The molecule has 0 bridgehead atoms. The number of hydrogen-bond acceptors (Lipinski definition) is 7. The van der Waals surface area contributed by atoms with Gasteiger partial charge in [0.2, 0.25) is 6.33 Å². The molecule has 3 rings (SSSR count). The van der Waals surface area contributed by atoms with Crippen LogP contribution in [0.3, 0.4) is 0 Å². The molecule has 3 aromatic heterocycles. The van der Waals surface area contributed by atoms with E-state index in [0.29, 0.717) is 21.2 Å². The molecule has 0 aliphatic rings. The quantitative estimate of drug-likeness (QED) is 0.443. The van der Waals surface area contributed by atoms with Crippen LogP contribution in [-0.2, 0) is 7.05 Å². The van der Waals surface area contributed by atoms with Crippen molar-refractivity contribution in [2.24, 2.45) is 7.05 Å². The molecule has 20 heavy (non-hydrogen) atoms. The lowest BCUT2D eigenvalue weighted by Gasteiger charge is -2.01. The Morgan fingerprint density at radius 3 is 2.90 bits per heavy atom. The van der Waals surface area contributed by atoms with Gasteiger partial charge in [0.25, 0.3) is 0 Å². The number of rotatable bonds is 3. The smallest absolute Gasteiger partial charge is 0.358 e. The maximum absolute atomic E-state index is 10.9. The number of fused-ring (bicyclic) bond motifs is 1. The molecule has 0 aliphatic carbocycles. The maximum atomic E-state index is 10.9. The second kappa shape index (κ2) is 5.43. The molecule has 0 saturated heterocycles. The Bertz CT molecular complexity index is 771. The first-order valence-electron chi connectivity index (χ1n) is 5.14. The van der Waals surface area contributed by atoms with Gasteiger partial charge in [0, 0.05) is 7.05 Å². The van der Waals surface area contributed by atoms with Gasteiger partial charge in [0.15, 0.2) is 10.7 Å². The number of nitrogens with one attached hydrogen (secondary N) is 1. The molecule has 0 unspecified atom stereocenters. The van der Waals surface area contributed by atoms with Gasteiger partial charge in [-0.05, 0) is 21.7 Å². The summed E-state index contributed by atoms with van der Waals surface area (Å²) < 4.78 is 1.58. The number of nitro groups is 1. The number of H-pyrrole nitrogens is 1. The third-order valence-corrected chi connectivity index (χ3v) is 3.59. The first kappa shape index (κ1) is 14.2. The van der Waals surface area contributed by atoms with Crippen molar-refractivity contribution < 1.29 is 4.92 Å². The average molecular weight is 314 g/mol. The minimum atomic E-state index is -0.520. The summed E-state index contributed by atoms with van der Waals surface area (Å²) in [7, 11) is 1.69. The van der Waals surface area contributed by atoms with E-state index < -0.39 is 4.92 Å². The lowest BCUT2D eigenvalue weighted by Crippen LogP contribution is -1.95. The van der Waals surface area contributed by atoms with E-state index in [0.717, 1.165) is 11.8 Å². The molecule has 0 fully saturated rings. The van der Waals surface area contributed by atoms with Crippen LogP contribution >= 0.6 is 24.2 Å². The lowest BCUT2D eigenvalue weighted by molar-refractivity contribution is -0.392. The summed E-state index contributed by atoms with van der Waals surface area (Å²) in [4.78, 5) is 29.2. The van der Waals surface area contributed by atoms with Crippen LogP contribution in [0.4, 0.5) is 5.82 Å². The molecule has 0 atom stereocenters. The summed E-state index contributed by atoms with van der Waals surface area (Å²) >= 11 is 1.15. The molecule has 11 heteroatoms. The van der Waals surface area contributed by atoms with Gasteiger partial charge in [-0.3, -0.25) is 0 Å². The zero-order valence-electron chi connectivity index (χ0n) is 10.0. The Morgan fingerprint density at radius 2 is 2.15 bits per heavy atom. The highest BCUT2D eigenvalue weighted by molar-refractivity contribution is 7.99. The molecule has 0 spiro atoms. The van der Waals surface area contributed by atoms with Gasteiger partial charge in [0.05, 0.1) is 6.33 Å². The molecular weight excluding hydrogens is 306 g/mol. The summed E-state index contributed by atoms with van der Waals surface area (Å²) in [5, 5.41) is 11.9. The Labute approximate surface area is 122 Å². The molecule has 0 aromatic carbocycles. The summed E-state index contributed by atoms with van der Waals surface area (Å²) in [5.41, 5.74) is 1.16. The Balaban J connectivity index is 0.00000147. The van der Waals surface area contributed by atoms with E-state index in [1.165, 1.54) is 19.0 Å². The van der Waals surface area contributed by atoms with E-state index in [2.05, 4.69) is 24.9 Å². The fourth-order valence-corrected chi connectivity index (χ4v) is 2.51. The fraction of sp³-hybridized carbons (Fsp3) is 0.111. The number of hydrogen-bond donors (Lipinski definition) is 1. The first-order chi connectivity index (χ1) is 9.16.